The van der Waals surface area contributed by atoms with Crippen LogP contribution < -0.4 is 5.56 Å². The molecule has 2 aromatic carbocycles. The Morgan fingerprint density at radius 2 is 1.77 bits per heavy atom. The zero-order valence-electron chi connectivity index (χ0n) is 19.4. The van der Waals surface area contributed by atoms with Crippen molar-refractivity contribution in [3.05, 3.63) is 88.1 Å². The van der Waals surface area contributed by atoms with E-state index in [0.29, 0.717) is 53.9 Å². The molecule has 0 saturated carbocycles. The molecular formula is C26H26FN5O2S. The number of halogens is 1. The van der Waals surface area contributed by atoms with Crippen LogP contribution in [0.1, 0.15) is 30.5 Å². The fourth-order valence-electron chi connectivity index (χ4n) is 4.49. The lowest BCUT2D eigenvalue weighted by atomic mass is 9.95. The molecule has 180 valence electrons. The van der Waals surface area contributed by atoms with Crippen LogP contribution in [0.15, 0.2) is 65.5 Å². The summed E-state index contributed by atoms with van der Waals surface area (Å²) in [5, 5.41) is 4.69. The average Bonchev–Trinajstić information content (AvgIpc) is 3.30. The van der Waals surface area contributed by atoms with Gasteiger partial charge in [0.1, 0.15) is 5.82 Å². The maximum Gasteiger partial charge on any atom is 0.275 e. The molecule has 2 aromatic heterocycles. The number of benzene rings is 2. The molecule has 3 heterocycles. The number of carbonyl (C=O) groups excluding carboxylic acids is 1. The first-order chi connectivity index (χ1) is 17.0. The van der Waals surface area contributed by atoms with Crippen LogP contribution >= 0.6 is 11.3 Å². The zero-order chi connectivity index (χ0) is 24.4. The van der Waals surface area contributed by atoms with Gasteiger partial charge in [-0.3, -0.25) is 14.5 Å². The summed E-state index contributed by atoms with van der Waals surface area (Å²) in [6.07, 6.45) is 0.765. The molecule has 0 bridgehead atoms. The van der Waals surface area contributed by atoms with Crippen molar-refractivity contribution in [3.63, 3.8) is 0 Å². The molecule has 0 spiro atoms. The van der Waals surface area contributed by atoms with E-state index in [0.717, 1.165) is 12.0 Å². The summed E-state index contributed by atoms with van der Waals surface area (Å²) in [6.45, 7) is 5.25. The molecule has 1 aliphatic rings. The summed E-state index contributed by atoms with van der Waals surface area (Å²) in [5.41, 5.74) is 1.77. The molecule has 1 aliphatic heterocycles. The molecule has 0 radical (unpaired) electrons. The normalized spacial score (nSPS) is 15.4. The molecule has 5 rings (SSSR count). The number of fused-ring (bicyclic) bond motifs is 1. The fraction of sp³-hybridized carbons (Fsp3) is 0.308. The van der Waals surface area contributed by atoms with Crippen molar-refractivity contribution in [1.82, 2.24) is 24.4 Å². The Kier molecular flexibility index (Phi) is 6.70. The van der Waals surface area contributed by atoms with Gasteiger partial charge in [0.05, 0.1) is 11.6 Å². The molecule has 1 atom stereocenters. The van der Waals surface area contributed by atoms with Crippen LogP contribution in [-0.2, 0) is 11.3 Å². The molecule has 9 heteroatoms. The molecular weight excluding hydrogens is 465 g/mol. The molecule has 1 amide bonds. The van der Waals surface area contributed by atoms with E-state index in [-0.39, 0.29) is 23.2 Å². The van der Waals surface area contributed by atoms with Crippen LogP contribution in [0.4, 0.5) is 4.39 Å². The van der Waals surface area contributed by atoms with E-state index < -0.39 is 0 Å². The van der Waals surface area contributed by atoms with E-state index in [9.17, 15) is 14.0 Å². The summed E-state index contributed by atoms with van der Waals surface area (Å²) in [5.74, 6) is -0.340. The number of nitrogens with zero attached hydrogens (tertiary/aromatic N) is 5. The smallest absolute Gasteiger partial charge is 0.275 e. The molecule has 1 unspecified atom stereocenters. The van der Waals surface area contributed by atoms with Crippen molar-refractivity contribution in [3.8, 4) is 10.6 Å². The minimum absolute atomic E-state index is 0.123. The Labute approximate surface area is 206 Å². The van der Waals surface area contributed by atoms with Crippen molar-refractivity contribution in [2.45, 2.75) is 25.8 Å². The van der Waals surface area contributed by atoms with Crippen molar-refractivity contribution in [1.29, 1.82) is 0 Å². The quantitative estimate of drug-likeness (QED) is 0.410. The third-order valence-corrected chi connectivity index (χ3v) is 7.32. The van der Waals surface area contributed by atoms with Crippen molar-refractivity contribution < 1.29 is 9.18 Å². The van der Waals surface area contributed by atoms with Gasteiger partial charge in [0.25, 0.3) is 5.56 Å². The lowest BCUT2D eigenvalue weighted by molar-refractivity contribution is -0.134. The Morgan fingerprint density at radius 3 is 2.49 bits per heavy atom. The number of amides is 1. The van der Waals surface area contributed by atoms with Gasteiger partial charge < -0.3 is 4.90 Å². The molecule has 0 N–H and O–H groups in total. The Morgan fingerprint density at radius 1 is 1.06 bits per heavy atom. The first-order valence-electron chi connectivity index (χ1n) is 11.7. The molecule has 1 saturated heterocycles. The summed E-state index contributed by atoms with van der Waals surface area (Å²) in [7, 11) is 0. The van der Waals surface area contributed by atoms with E-state index in [1.807, 2.05) is 42.2 Å². The summed E-state index contributed by atoms with van der Waals surface area (Å²) in [6, 6.07) is 17.8. The van der Waals surface area contributed by atoms with Crippen LogP contribution in [-0.4, -0.2) is 56.5 Å². The zero-order valence-corrected chi connectivity index (χ0v) is 20.2. The van der Waals surface area contributed by atoms with Gasteiger partial charge in [-0.1, -0.05) is 60.7 Å². The van der Waals surface area contributed by atoms with Crippen molar-refractivity contribution in [2.24, 2.45) is 0 Å². The van der Waals surface area contributed by atoms with E-state index in [4.69, 9.17) is 0 Å². The van der Waals surface area contributed by atoms with Crippen LogP contribution in [0, 0.1) is 5.82 Å². The lowest BCUT2D eigenvalue weighted by Crippen LogP contribution is -2.49. The second-order valence-corrected chi connectivity index (χ2v) is 9.60. The highest BCUT2D eigenvalue weighted by atomic mass is 32.1. The second-order valence-electron chi connectivity index (χ2n) is 8.64. The van der Waals surface area contributed by atoms with Crippen LogP contribution in [0.2, 0.25) is 0 Å². The lowest BCUT2D eigenvalue weighted by Gasteiger charge is -2.36. The number of carbonyl (C=O) groups is 1. The van der Waals surface area contributed by atoms with Gasteiger partial charge in [0.2, 0.25) is 10.9 Å². The molecule has 4 aromatic rings. The minimum Gasteiger partial charge on any atom is -0.340 e. The van der Waals surface area contributed by atoms with Gasteiger partial charge in [-0.05, 0) is 24.1 Å². The Balaban J connectivity index is 1.26. The largest absolute Gasteiger partial charge is 0.340 e. The predicted octanol–water partition coefficient (Wildman–Crippen LogP) is 3.80. The Bertz CT molecular complexity index is 1400. The molecule has 1 fully saturated rings. The maximum atomic E-state index is 14.2. The van der Waals surface area contributed by atoms with Crippen molar-refractivity contribution in [2.75, 3.05) is 26.2 Å². The number of aromatic nitrogens is 3. The van der Waals surface area contributed by atoms with Crippen LogP contribution in [0.25, 0.3) is 15.5 Å². The maximum absolute atomic E-state index is 14.2. The Hall–Kier alpha value is -3.43. The van der Waals surface area contributed by atoms with E-state index in [2.05, 4.69) is 15.0 Å². The monoisotopic (exact) mass is 491 g/mol. The third-order valence-electron chi connectivity index (χ3n) is 6.38. The van der Waals surface area contributed by atoms with Crippen molar-refractivity contribution >= 4 is 22.2 Å². The first-order valence-corrected chi connectivity index (χ1v) is 12.6. The summed E-state index contributed by atoms with van der Waals surface area (Å²) < 4.78 is 15.4. The highest BCUT2D eigenvalue weighted by molar-refractivity contribution is 7.19. The minimum atomic E-state index is -0.384. The number of piperazine rings is 1. The van der Waals surface area contributed by atoms with E-state index in [1.54, 1.807) is 18.2 Å². The molecule has 35 heavy (non-hydrogen) atoms. The topological polar surface area (TPSA) is 70.8 Å². The van der Waals surface area contributed by atoms with E-state index >= 15 is 0 Å². The SMILES string of the molecule is CCC(C(=O)N1CCN(Cc2cc(=O)n3nc(-c4ccccc4F)sc3n2)CC1)c1ccccc1. The number of hydrogen-bond donors (Lipinski definition) is 0. The van der Waals surface area contributed by atoms with Gasteiger partial charge >= 0.3 is 0 Å². The predicted molar refractivity (Wildman–Crippen MR) is 134 cm³/mol. The van der Waals surface area contributed by atoms with Crippen LogP contribution in [0.5, 0.6) is 0 Å². The summed E-state index contributed by atoms with van der Waals surface area (Å²) >= 11 is 1.19. The van der Waals surface area contributed by atoms with Gasteiger partial charge in [0.15, 0.2) is 5.01 Å². The van der Waals surface area contributed by atoms with Gasteiger partial charge in [0, 0.05) is 44.4 Å². The van der Waals surface area contributed by atoms with E-state index in [1.165, 1.54) is 28.0 Å². The van der Waals surface area contributed by atoms with Gasteiger partial charge in [-0.2, -0.15) is 9.61 Å². The van der Waals surface area contributed by atoms with Gasteiger partial charge in [-0.25, -0.2) is 9.37 Å². The highest BCUT2D eigenvalue weighted by Crippen LogP contribution is 2.27. The molecule has 0 aliphatic carbocycles. The third kappa shape index (κ3) is 4.87. The first kappa shape index (κ1) is 23.3. The van der Waals surface area contributed by atoms with Gasteiger partial charge in [-0.15, -0.1) is 0 Å². The number of hydrogen-bond acceptors (Lipinski definition) is 6. The average molecular weight is 492 g/mol. The second kappa shape index (κ2) is 10.1. The standard InChI is InChI=1S/C26H26FN5O2S/c1-2-20(18-8-4-3-5-9-18)25(34)31-14-12-30(13-15-31)17-19-16-23(33)32-26(28-19)35-24(29-32)21-10-6-7-11-22(21)27/h3-11,16,20H,2,12-15,17H2,1H3. The van der Waals surface area contributed by atoms with Crippen LogP contribution in [0.3, 0.4) is 0 Å². The fourth-order valence-corrected chi connectivity index (χ4v) is 5.45. The highest BCUT2D eigenvalue weighted by Gasteiger charge is 2.27. The molecule has 7 nitrogen and oxygen atoms in total. The number of rotatable bonds is 6. The summed E-state index contributed by atoms with van der Waals surface area (Å²) in [4.78, 5) is 35.0.